The van der Waals surface area contributed by atoms with Crippen LogP contribution in [0.4, 0.5) is 0 Å². The van der Waals surface area contributed by atoms with Gasteiger partial charge in [0.25, 0.3) is 0 Å². The largest absolute Gasteiger partial charge is 0.353 e. The first-order valence-electron chi connectivity index (χ1n) is 7.39. The molecule has 0 radical (unpaired) electrons. The van der Waals surface area contributed by atoms with Crippen molar-refractivity contribution in [2.45, 2.75) is 38.3 Å². The fourth-order valence-corrected chi connectivity index (χ4v) is 2.74. The number of carbonyl (C=O) groups excluding carboxylic acids is 1. The normalized spacial score (nSPS) is 17.1. The molecule has 1 heterocycles. The van der Waals surface area contributed by atoms with Gasteiger partial charge in [-0.15, -0.1) is 11.6 Å². The van der Waals surface area contributed by atoms with Gasteiger partial charge in [0.1, 0.15) is 0 Å². The lowest BCUT2D eigenvalue weighted by Gasteiger charge is -2.32. The number of piperidine rings is 1. The summed E-state index contributed by atoms with van der Waals surface area (Å²) in [6, 6.07) is 10.9. The van der Waals surface area contributed by atoms with Crippen LogP contribution in [-0.4, -0.2) is 35.8 Å². The van der Waals surface area contributed by atoms with E-state index in [1.165, 1.54) is 5.56 Å². The standard InChI is InChI=1S/C16H23ClN2O/c17-10-4-7-16(20)18-15-8-11-19(12-9-15)13-14-5-2-1-3-6-14/h1-3,5-6,15H,4,7-13H2,(H,18,20). The summed E-state index contributed by atoms with van der Waals surface area (Å²) in [5.41, 5.74) is 1.36. The fraction of sp³-hybridized carbons (Fsp3) is 0.562. The van der Waals surface area contributed by atoms with Crippen molar-refractivity contribution < 1.29 is 4.79 Å². The Morgan fingerprint density at radius 3 is 2.60 bits per heavy atom. The van der Waals surface area contributed by atoms with Gasteiger partial charge in [-0.25, -0.2) is 0 Å². The molecule has 0 saturated carbocycles. The first kappa shape index (κ1) is 15.3. The monoisotopic (exact) mass is 294 g/mol. The number of hydrogen-bond acceptors (Lipinski definition) is 2. The van der Waals surface area contributed by atoms with Gasteiger partial charge in [-0.1, -0.05) is 30.3 Å². The third-order valence-corrected chi connectivity index (χ3v) is 4.01. The number of hydrogen-bond donors (Lipinski definition) is 1. The van der Waals surface area contributed by atoms with Crippen LogP contribution in [0.25, 0.3) is 0 Å². The summed E-state index contributed by atoms with van der Waals surface area (Å²) in [4.78, 5) is 14.1. The Morgan fingerprint density at radius 1 is 1.25 bits per heavy atom. The first-order valence-corrected chi connectivity index (χ1v) is 7.93. The molecule has 1 N–H and O–H groups in total. The Morgan fingerprint density at radius 2 is 1.95 bits per heavy atom. The topological polar surface area (TPSA) is 32.3 Å². The molecule has 1 saturated heterocycles. The van der Waals surface area contributed by atoms with Crippen LogP contribution in [-0.2, 0) is 11.3 Å². The lowest BCUT2D eigenvalue weighted by Crippen LogP contribution is -2.44. The predicted molar refractivity (Wildman–Crippen MR) is 82.8 cm³/mol. The molecule has 0 aromatic heterocycles. The third kappa shape index (κ3) is 5.14. The number of nitrogens with one attached hydrogen (secondary N) is 1. The van der Waals surface area contributed by atoms with Crippen molar-refractivity contribution >= 4 is 17.5 Å². The van der Waals surface area contributed by atoms with Crippen molar-refractivity contribution in [3.63, 3.8) is 0 Å². The summed E-state index contributed by atoms with van der Waals surface area (Å²) in [6.45, 7) is 3.11. The lowest BCUT2D eigenvalue weighted by atomic mass is 10.0. The van der Waals surface area contributed by atoms with Crippen LogP contribution in [0, 0.1) is 0 Å². The molecule has 1 aliphatic rings. The zero-order valence-electron chi connectivity index (χ0n) is 11.9. The number of amides is 1. The Hall–Kier alpha value is -1.06. The summed E-state index contributed by atoms with van der Waals surface area (Å²) >= 11 is 5.60. The maximum atomic E-state index is 11.7. The van der Waals surface area contributed by atoms with Crippen LogP contribution in [0.1, 0.15) is 31.2 Å². The molecule has 0 aliphatic carbocycles. The van der Waals surface area contributed by atoms with Crippen molar-refractivity contribution in [1.29, 1.82) is 0 Å². The first-order chi connectivity index (χ1) is 9.78. The zero-order chi connectivity index (χ0) is 14.2. The molecule has 3 nitrogen and oxygen atoms in total. The molecule has 1 aromatic carbocycles. The van der Waals surface area contributed by atoms with Gasteiger partial charge in [-0.3, -0.25) is 9.69 Å². The van der Waals surface area contributed by atoms with Gasteiger partial charge in [0.2, 0.25) is 5.91 Å². The molecule has 1 fully saturated rings. The number of likely N-dealkylation sites (tertiary alicyclic amines) is 1. The van der Waals surface area contributed by atoms with E-state index in [1.54, 1.807) is 0 Å². The highest BCUT2D eigenvalue weighted by Gasteiger charge is 2.20. The molecule has 0 unspecified atom stereocenters. The number of alkyl halides is 1. The summed E-state index contributed by atoms with van der Waals surface area (Å²) in [5.74, 6) is 0.704. The second-order valence-electron chi connectivity index (χ2n) is 5.40. The number of benzene rings is 1. The minimum atomic E-state index is 0.146. The van der Waals surface area contributed by atoms with Crippen molar-refractivity contribution in [1.82, 2.24) is 10.2 Å². The minimum Gasteiger partial charge on any atom is -0.353 e. The Labute approximate surface area is 126 Å². The van der Waals surface area contributed by atoms with Gasteiger partial charge in [0.05, 0.1) is 0 Å². The van der Waals surface area contributed by atoms with Gasteiger partial charge < -0.3 is 5.32 Å². The highest BCUT2D eigenvalue weighted by molar-refractivity contribution is 6.17. The Balaban J connectivity index is 1.68. The van der Waals surface area contributed by atoms with E-state index >= 15 is 0 Å². The summed E-state index contributed by atoms with van der Waals surface area (Å²) in [7, 11) is 0. The van der Waals surface area contributed by atoms with E-state index in [0.717, 1.165) is 38.9 Å². The summed E-state index contributed by atoms with van der Waals surface area (Å²) in [5, 5.41) is 3.11. The van der Waals surface area contributed by atoms with Crippen LogP contribution in [0.15, 0.2) is 30.3 Å². The van der Waals surface area contributed by atoms with Crippen LogP contribution in [0.3, 0.4) is 0 Å². The van der Waals surface area contributed by atoms with Crippen molar-refractivity contribution in [2.24, 2.45) is 0 Å². The molecule has 4 heteroatoms. The van der Waals surface area contributed by atoms with Gasteiger partial charge in [-0.2, -0.15) is 0 Å². The van der Waals surface area contributed by atoms with E-state index in [4.69, 9.17) is 11.6 Å². The molecule has 1 amide bonds. The molecule has 1 aliphatic heterocycles. The van der Waals surface area contributed by atoms with Gasteiger partial charge in [0, 0.05) is 38.0 Å². The quantitative estimate of drug-likeness (QED) is 0.818. The van der Waals surface area contributed by atoms with E-state index in [9.17, 15) is 4.79 Å². The van der Waals surface area contributed by atoms with Crippen LogP contribution >= 0.6 is 11.6 Å². The lowest BCUT2D eigenvalue weighted by molar-refractivity contribution is -0.122. The average Bonchev–Trinajstić information content (AvgIpc) is 2.48. The van der Waals surface area contributed by atoms with Crippen LogP contribution in [0.5, 0.6) is 0 Å². The molecule has 2 rings (SSSR count). The van der Waals surface area contributed by atoms with Crippen LogP contribution < -0.4 is 5.32 Å². The van der Waals surface area contributed by atoms with Crippen molar-refractivity contribution in [2.75, 3.05) is 19.0 Å². The highest BCUT2D eigenvalue weighted by atomic mass is 35.5. The average molecular weight is 295 g/mol. The van der Waals surface area contributed by atoms with Gasteiger partial charge >= 0.3 is 0 Å². The van der Waals surface area contributed by atoms with E-state index in [0.29, 0.717) is 18.3 Å². The third-order valence-electron chi connectivity index (χ3n) is 3.74. The number of nitrogens with zero attached hydrogens (tertiary/aromatic N) is 1. The van der Waals surface area contributed by atoms with E-state index in [-0.39, 0.29) is 5.91 Å². The van der Waals surface area contributed by atoms with E-state index in [1.807, 2.05) is 6.07 Å². The zero-order valence-corrected chi connectivity index (χ0v) is 12.6. The number of carbonyl (C=O) groups is 1. The molecule has 0 spiro atoms. The molecule has 0 bridgehead atoms. The van der Waals surface area contributed by atoms with E-state index < -0.39 is 0 Å². The molecule has 110 valence electrons. The molecular formula is C16H23ClN2O. The fourth-order valence-electron chi connectivity index (χ4n) is 2.60. The van der Waals surface area contributed by atoms with Crippen molar-refractivity contribution in [3.05, 3.63) is 35.9 Å². The molecule has 0 atom stereocenters. The second-order valence-corrected chi connectivity index (χ2v) is 5.77. The molecule has 1 aromatic rings. The molecular weight excluding hydrogens is 272 g/mol. The maximum absolute atomic E-state index is 11.7. The summed E-state index contributed by atoms with van der Waals surface area (Å²) in [6.07, 6.45) is 3.40. The molecule has 20 heavy (non-hydrogen) atoms. The predicted octanol–water partition coefficient (Wildman–Crippen LogP) is 2.79. The minimum absolute atomic E-state index is 0.146. The van der Waals surface area contributed by atoms with Gasteiger partial charge in [0.15, 0.2) is 0 Å². The SMILES string of the molecule is O=C(CCCCl)NC1CCN(Cc2ccccc2)CC1. The number of halogens is 1. The smallest absolute Gasteiger partial charge is 0.220 e. The highest BCUT2D eigenvalue weighted by Crippen LogP contribution is 2.14. The maximum Gasteiger partial charge on any atom is 0.220 e. The van der Waals surface area contributed by atoms with Crippen molar-refractivity contribution in [3.8, 4) is 0 Å². The van der Waals surface area contributed by atoms with E-state index in [2.05, 4.69) is 34.5 Å². The van der Waals surface area contributed by atoms with Gasteiger partial charge in [-0.05, 0) is 24.8 Å². The Kier molecular flexibility index (Phi) is 6.34. The summed E-state index contributed by atoms with van der Waals surface area (Å²) < 4.78 is 0. The Bertz CT molecular complexity index is 402. The second kappa shape index (κ2) is 8.28. The van der Waals surface area contributed by atoms with Crippen LogP contribution in [0.2, 0.25) is 0 Å². The number of rotatable bonds is 6.